The molecule has 3 atom stereocenters. The van der Waals surface area contributed by atoms with Gasteiger partial charge in [-0.3, -0.25) is 18.4 Å². The van der Waals surface area contributed by atoms with Crippen molar-refractivity contribution in [2.75, 3.05) is 19.9 Å². The summed E-state index contributed by atoms with van der Waals surface area (Å²) in [6.07, 6.45) is -0.675. The lowest BCUT2D eigenvalue weighted by molar-refractivity contribution is -0.128. The highest BCUT2D eigenvalue weighted by Crippen LogP contribution is 2.40. The molecule has 0 bridgehead atoms. The standard InChI is InChI=1S/C20H27F2NO3/c1-11-4-12(2)18(13(3)5-11)19-16(24)6-15(20(19)26)7-17(25)23-10-14(8-21)9-22/h4-5,14-16,19,24H,6-10H2,1-3H3,(H,23,25). The Kier molecular flexibility index (Phi) is 6.87. The van der Waals surface area contributed by atoms with Crippen LogP contribution in [0.3, 0.4) is 0 Å². The zero-order chi connectivity index (χ0) is 19.4. The van der Waals surface area contributed by atoms with E-state index in [0.717, 1.165) is 22.3 Å². The number of aryl methyl sites for hydroxylation is 3. The predicted molar refractivity (Wildman–Crippen MR) is 95.6 cm³/mol. The maximum absolute atomic E-state index is 12.8. The normalized spacial score (nSPS) is 22.9. The predicted octanol–water partition coefficient (Wildman–Crippen LogP) is 2.71. The van der Waals surface area contributed by atoms with Gasteiger partial charge in [0, 0.05) is 24.8 Å². The van der Waals surface area contributed by atoms with Crippen LogP contribution in [-0.2, 0) is 9.59 Å². The van der Waals surface area contributed by atoms with E-state index in [1.807, 2.05) is 32.9 Å². The molecular weight excluding hydrogens is 340 g/mol. The van der Waals surface area contributed by atoms with E-state index in [9.17, 15) is 23.5 Å². The molecule has 6 heteroatoms. The maximum atomic E-state index is 12.8. The number of rotatable bonds is 7. The van der Waals surface area contributed by atoms with Crippen LogP contribution in [0.2, 0.25) is 0 Å². The number of amides is 1. The number of benzene rings is 1. The summed E-state index contributed by atoms with van der Waals surface area (Å²) in [7, 11) is 0. The van der Waals surface area contributed by atoms with Crippen LogP contribution >= 0.6 is 0 Å². The second-order valence-electron chi connectivity index (χ2n) is 7.38. The lowest BCUT2D eigenvalue weighted by Crippen LogP contribution is -2.33. The first-order valence-corrected chi connectivity index (χ1v) is 8.96. The number of halogens is 2. The van der Waals surface area contributed by atoms with Crippen LogP contribution in [0.15, 0.2) is 12.1 Å². The molecule has 1 aromatic carbocycles. The minimum absolute atomic E-state index is 0.0678. The number of hydrogen-bond acceptors (Lipinski definition) is 3. The molecular formula is C20H27F2NO3. The summed E-state index contributed by atoms with van der Waals surface area (Å²) in [5, 5.41) is 12.9. The number of nitrogens with one attached hydrogen (secondary N) is 1. The van der Waals surface area contributed by atoms with Crippen LogP contribution in [0.4, 0.5) is 8.78 Å². The van der Waals surface area contributed by atoms with Crippen molar-refractivity contribution in [3.05, 3.63) is 34.4 Å². The van der Waals surface area contributed by atoms with E-state index in [2.05, 4.69) is 5.32 Å². The summed E-state index contributed by atoms with van der Waals surface area (Å²) in [5.41, 5.74) is 3.85. The largest absolute Gasteiger partial charge is 0.392 e. The number of aliphatic hydroxyl groups excluding tert-OH is 1. The molecule has 0 aliphatic heterocycles. The van der Waals surface area contributed by atoms with Gasteiger partial charge in [0.25, 0.3) is 0 Å². The maximum Gasteiger partial charge on any atom is 0.220 e. The van der Waals surface area contributed by atoms with Gasteiger partial charge in [0.15, 0.2) is 0 Å². The van der Waals surface area contributed by atoms with E-state index < -0.39 is 43.1 Å². The van der Waals surface area contributed by atoms with Crippen molar-refractivity contribution in [3.63, 3.8) is 0 Å². The molecule has 0 aromatic heterocycles. The van der Waals surface area contributed by atoms with E-state index in [-0.39, 0.29) is 25.2 Å². The molecule has 1 aliphatic rings. The van der Waals surface area contributed by atoms with Crippen molar-refractivity contribution >= 4 is 11.7 Å². The van der Waals surface area contributed by atoms with Gasteiger partial charge in [-0.05, 0) is 43.9 Å². The van der Waals surface area contributed by atoms with Gasteiger partial charge in [-0.1, -0.05) is 17.7 Å². The second kappa shape index (κ2) is 8.71. The fourth-order valence-electron chi connectivity index (χ4n) is 3.89. The molecule has 0 saturated heterocycles. The van der Waals surface area contributed by atoms with Gasteiger partial charge in [-0.15, -0.1) is 0 Å². The fraction of sp³-hybridized carbons (Fsp3) is 0.600. The quantitative estimate of drug-likeness (QED) is 0.779. The molecule has 1 amide bonds. The van der Waals surface area contributed by atoms with E-state index >= 15 is 0 Å². The topological polar surface area (TPSA) is 66.4 Å². The van der Waals surface area contributed by atoms with E-state index in [0.29, 0.717) is 0 Å². The van der Waals surface area contributed by atoms with Gasteiger partial charge in [0.2, 0.25) is 5.91 Å². The molecule has 3 unspecified atom stereocenters. The Labute approximate surface area is 153 Å². The van der Waals surface area contributed by atoms with Crippen molar-refractivity contribution in [1.82, 2.24) is 5.32 Å². The molecule has 1 saturated carbocycles. The monoisotopic (exact) mass is 367 g/mol. The third-order valence-electron chi connectivity index (χ3n) is 5.12. The van der Waals surface area contributed by atoms with Crippen molar-refractivity contribution in [3.8, 4) is 0 Å². The molecule has 1 aliphatic carbocycles. The highest BCUT2D eigenvalue weighted by atomic mass is 19.1. The Hall–Kier alpha value is -1.82. The van der Waals surface area contributed by atoms with Crippen LogP contribution in [0, 0.1) is 32.6 Å². The van der Waals surface area contributed by atoms with Gasteiger partial charge in [-0.25, -0.2) is 0 Å². The third-order valence-corrected chi connectivity index (χ3v) is 5.12. The lowest BCUT2D eigenvalue weighted by atomic mass is 9.86. The van der Waals surface area contributed by atoms with E-state index in [1.165, 1.54) is 0 Å². The molecule has 2 N–H and O–H groups in total. The number of alkyl halides is 2. The van der Waals surface area contributed by atoms with Crippen LogP contribution in [0.5, 0.6) is 0 Å². The minimum Gasteiger partial charge on any atom is -0.392 e. The summed E-state index contributed by atoms with van der Waals surface area (Å²) in [5.74, 6) is -2.62. The van der Waals surface area contributed by atoms with Crippen molar-refractivity contribution < 1.29 is 23.5 Å². The van der Waals surface area contributed by atoms with Crippen LogP contribution in [-0.4, -0.2) is 42.8 Å². The zero-order valence-corrected chi connectivity index (χ0v) is 15.5. The average Bonchev–Trinajstić information content (AvgIpc) is 2.82. The Balaban J connectivity index is 2.07. The number of aliphatic hydroxyl groups is 1. The van der Waals surface area contributed by atoms with Gasteiger partial charge in [-0.2, -0.15) is 0 Å². The Morgan fingerprint density at radius 3 is 2.35 bits per heavy atom. The first-order valence-electron chi connectivity index (χ1n) is 8.96. The fourth-order valence-corrected chi connectivity index (χ4v) is 3.89. The smallest absolute Gasteiger partial charge is 0.220 e. The molecule has 2 rings (SSSR count). The molecule has 144 valence electrons. The first kappa shape index (κ1) is 20.5. The Morgan fingerprint density at radius 1 is 1.23 bits per heavy atom. The Bertz CT molecular complexity index is 650. The molecule has 0 spiro atoms. The number of hydrogen-bond donors (Lipinski definition) is 2. The van der Waals surface area contributed by atoms with Crippen LogP contribution in [0.1, 0.15) is 41.0 Å². The van der Waals surface area contributed by atoms with Crippen LogP contribution in [0.25, 0.3) is 0 Å². The summed E-state index contributed by atoms with van der Waals surface area (Å²) >= 11 is 0. The van der Waals surface area contributed by atoms with Gasteiger partial charge >= 0.3 is 0 Å². The summed E-state index contributed by atoms with van der Waals surface area (Å²) in [6, 6.07) is 3.97. The molecule has 4 nitrogen and oxygen atoms in total. The molecule has 1 aromatic rings. The van der Waals surface area contributed by atoms with Crippen molar-refractivity contribution in [2.45, 2.75) is 45.6 Å². The molecule has 0 heterocycles. The molecule has 26 heavy (non-hydrogen) atoms. The number of Topliss-reactive ketones (excluding diaryl/α,β-unsaturated/α-hetero) is 1. The van der Waals surface area contributed by atoms with Gasteiger partial charge in [0.05, 0.1) is 25.4 Å². The lowest BCUT2D eigenvalue weighted by Gasteiger charge is -2.19. The highest BCUT2D eigenvalue weighted by molar-refractivity contribution is 5.94. The SMILES string of the molecule is Cc1cc(C)c(C2C(=O)C(CC(=O)NCC(CF)CF)CC2O)c(C)c1. The minimum atomic E-state index is -0.852. The molecule has 0 radical (unpaired) electrons. The first-order chi connectivity index (χ1) is 12.3. The average molecular weight is 367 g/mol. The summed E-state index contributed by atoms with van der Waals surface area (Å²) in [4.78, 5) is 24.9. The molecule has 1 fully saturated rings. The van der Waals surface area contributed by atoms with E-state index in [4.69, 9.17) is 0 Å². The number of carbonyl (C=O) groups is 2. The summed E-state index contributed by atoms with van der Waals surface area (Å²) in [6.45, 7) is 4.05. The highest BCUT2D eigenvalue weighted by Gasteiger charge is 2.43. The second-order valence-corrected chi connectivity index (χ2v) is 7.38. The summed E-state index contributed by atoms with van der Waals surface area (Å²) < 4.78 is 25.0. The Morgan fingerprint density at radius 2 is 1.81 bits per heavy atom. The van der Waals surface area contributed by atoms with Gasteiger partial charge < -0.3 is 10.4 Å². The number of carbonyl (C=O) groups excluding carboxylic acids is 2. The van der Waals surface area contributed by atoms with Gasteiger partial charge in [0.1, 0.15) is 5.78 Å². The third kappa shape index (κ3) is 4.47. The van der Waals surface area contributed by atoms with E-state index in [1.54, 1.807) is 0 Å². The van der Waals surface area contributed by atoms with Crippen molar-refractivity contribution in [1.29, 1.82) is 0 Å². The van der Waals surface area contributed by atoms with Crippen molar-refractivity contribution in [2.24, 2.45) is 11.8 Å². The van der Waals surface area contributed by atoms with Crippen LogP contribution < -0.4 is 5.32 Å². The number of ketones is 1. The zero-order valence-electron chi connectivity index (χ0n) is 15.5.